The Kier molecular flexibility index (Phi) is 7.11. The Balaban J connectivity index is 1.59. The quantitative estimate of drug-likeness (QED) is 0.364. The van der Waals surface area contributed by atoms with Gasteiger partial charge in [-0.25, -0.2) is 0 Å². The summed E-state index contributed by atoms with van der Waals surface area (Å²) in [4.78, 5) is 3.55. The number of aliphatic hydroxyl groups excluding tert-OH is 1. The molecule has 168 valence electrons. The van der Waals surface area contributed by atoms with E-state index in [0.717, 1.165) is 47.5 Å². The summed E-state index contributed by atoms with van der Waals surface area (Å²) >= 11 is 8.21. The Labute approximate surface area is 200 Å². The van der Waals surface area contributed by atoms with Gasteiger partial charge in [-0.2, -0.15) is 4.57 Å². The van der Waals surface area contributed by atoms with Crippen LogP contribution in [0.25, 0.3) is 17.0 Å². The minimum atomic E-state index is 0.259. The van der Waals surface area contributed by atoms with E-state index in [1.807, 2.05) is 17.8 Å². The van der Waals surface area contributed by atoms with Gasteiger partial charge in [-0.1, -0.05) is 35.5 Å². The van der Waals surface area contributed by atoms with Gasteiger partial charge >= 0.3 is 0 Å². The normalized spacial score (nSPS) is 15.0. The molecule has 0 saturated carbocycles. The van der Waals surface area contributed by atoms with Crippen LogP contribution < -0.4 is 9.47 Å². The van der Waals surface area contributed by atoms with Crippen molar-refractivity contribution in [3.63, 3.8) is 0 Å². The highest BCUT2D eigenvalue weighted by molar-refractivity contribution is 8.03. The Morgan fingerprint density at radius 1 is 1.09 bits per heavy atom. The van der Waals surface area contributed by atoms with E-state index in [9.17, 15) is 0 Å². The fraction of sp³-hybridized carbons (Fsp3) is 0.346. The number of hydrogen-bond acceptors (Lipinski definition) is 3. The number of para-hydroxylation sites is 1. The molecule has 4 rings (SSSR count). The van der Waals surface area contributed by atoms with Gasteiger partial charge in [-0.05, 0) is 35.9 Å². The zero-order chi connectivity index (χ0) is 22.7. The summed E-state index contributed by atoms with van der Waals surface area (Å²) in [5.41, 5.74) is 3.62. The van der Waals surface area contributed by atoms with E-state index in [0.29, 0.717) is 0 Å². The number of thioether (sulfide) groups is 1. The number of aromatic nitrogens is 1. The number of nitrogens with zero attached hydrogens (tertiary/aromatic N) is 3. The molecule has 0 fully saturated rings. The molecule has 2 heterocycles. The minimum absolute atomic E-state index is 0.259. The molecule has 1 aliphatic rings. The largest absolute Gasteiger partial charge is 0.396 e. The number of hydrogen-bond donors (Lipinski definition) is 1. The molecule has 0 atom stereocenters. The second-order valence-corrected chi connectivity index (χ2v) is 10.5. The average Bonchev–Trinajstić information content (AvgIpc) is 3.09. The topological polar surface area (TPSA) is 27.4 Å². The SMILES string of the molecule is CN1/C(=C\c2cc[n+](CCC[N+](C)(C)CCCO)c3cc(Cl)ccc23)Sc2ccccc21. The third kappa shape index (κ3) is 5.12. The fourth-order valence-electron chi connectivity index (χ4n) is 4.31. The van der Waals surface area contributed by atoms with Crippen LogP contribution in [0.1, 0.15) is 18.4 Å². The van der Waals surface area contributed by atoms with Gasteiger partial charge in [-0.3, -0.25) is 0 Å². The van der Waals surface area contributed by atoms with Gasteiger partial charge in [-0.15, -0.1) is 0 Å². The van der Waals surface area contributed by atoms with Crippen molar-refractivity contribution in [2.24, 2.45) is 0 Å². The van der Waals surface area contributed by atoms with Gasteiger partial charge in [0.2, 0.25) is 5.52 Å². The standard InChI is InChI=1S/C26H32ClN3OS/c1-28-23-8-4-5-9-25(23)32-26(28)18-20-12-14-29(24-19-21(27)10-11-22(20)24)13-6-15-30(2,3)16-7-17-31/h4-5,8-12,14,18-19,31H,6-7,13,15-17H2,1-3H3/q+2. The molecule has 0 radical (unpaired) electrons. The third-order valence-corrected chi connectivity index (χ3v) is 7.55. The molecule has 0 bridgehead atoms. The molecule has 1 N–H and O–H groups in total. The summed E-state index contributed by atoms with van der Waals surface area (Å²) in [5, 5.41) is 12.3. The number of fused-ring (bicyclic) bond motifs is 2. The summed E-state index contributed by atoms with van der Waals surface area (Å²) < 4.78 is 3.24. The van der Waals surface area contributed by atoms with Crippen LogP contribution in [-0.2, 0) is 6.54 Å². The molecule has 0 spiro atoms. The van der Waals surface area contributed by atoms with Crippen molar-refractivity contribution in [2.75, 3.05) is 45.7 Å². The number of pyridine rings is 1. The van der Waals surface area contributed by atoms with Gasteiger partial charge in [0.25, 0.3) is 0 Å². The predicted molar refractivity (Wildman–Crippen MR) is 136 cm³/mol. The molecule has 0 amide bonds. The van der Waals surface area contributed by atoms with Crippen molar-refractivity contribution in [3.05, 3.63) is 70.3 Å². The highest BCUT2D eigenvalue weighted by Crippen LogP contribution is 2.45. The molecule has 3 aromatic rings. The lowest BCUT2D eigenvalue weighted by Gasteiger charge is -2.29. The first kappa shape index (κ1) is 23.1. The second-order valence-electron chi connectivity index (χ2n) is 9.05. The van der Waals surface area contributed by atoms with Crippen LogP contribution in [0, 0.1) is 0 Å². The maximum Gasteiger partial charge on any atom is 0.214 e. The van der Waals surface area contributed by atoms with E-state index in [2.05, 4.69) is 85.3 Å². The van der Waals surface area contributed by atoms with E-state index in [-0.39, 0.29) is 6.61 Å². The lowest BCUT2D eigenvalue weighted by Crippen LogP contribution is -2.44. The second kappa shape index (κ2) is 9.84. The minimum Gasteiger partial charge on any atom is -0.396 e. The number of quaternary nitrogens is 1. The molecule has 0 aliphatic carbocycles. The number of aryl methyl sites for hydroxylation is 1. The Bertz CT molecular complexity index is 1150. The van der Waals surface area contributed by atoms with Gasteiger partial charge in [0, 0.05) is 42.1 Å². The molecular weight excluding hydrogens is 438 g/mol. The third-order valence-electron chi connectivity index (χ3n) is 6.15. The zero-order valence-electron chi connectivity index (χ0n) is 19.1. The maximum absolute atomic E-state index is 9.14. The van der Waals surface area contributed by atoms with E-state index < -0.39 is 0 Å². The van der Waals surface area contributed by atoms with Crippen LogP contribution in [0.4, 0.5) is 5.69 Å². The van der Waals surface area contributed by atoms with Crippen LogP contribution in [0.2, 0.25) is 5.02 Å². The van der Waals surface area contributed by atoms with Crippen molar-refractivity contribution >= 4 is 46.0 Å². The summed E-state index contributed by atoms with van der Waals surface area (Å²) in [5.74, 6) is 0. The molecule has 0 unspecified atom stereocenters. The molecule has 0 saturated heterocycles. The predicted octanol–water partition coefficient (Wildman–Crippen LogP) is 5.17. The summed E-state index contributed by atoms with van der Waals surface area (Å²) in [7, 11) is 6.60. The van der Waals surface area contributed by atoms with Crippen molar-refractivity contribution in [2.45, 2.75) is 24.3 Å². The zero-order valence-corrected chi connectivity index (χ0v) is 20.7. The van der Waals surface area contributed by atoms with Gasteiger partial charge in [0.05, 0.1) is 49.7 Å². The van der Waals surface area contributed by atoms with E-state index in [1.165, 1.54) is 26.6 Å². The molecule has 4 nitrogen and oxygen atoms in total. The highest BCUT2D eigenvalue weighted by Gasteiger charge is 2.22. The van der Waals surface area contributed by atoms with Crippen molar-refractivity contribution in [3.8, 4) is 0 Å². The van der Waals surface area contributed by atoms with Crippen LogP contribution >= 0.6 is 23.4 Å². The summed E-state index contributed by atoms with van der Waals surface area (Å²) in [6.45, 7) is 3.26. The Hall–Kier alpha value is -2.05. The first-order valence-electron chi connectivity index (χ1n) is 11.1. The molecule has 32 heavy (non-hydrogen) atoms. The smallest absolute Gasteiger partial charge is 0.214 e. The molecule has 6 heteroatoms. The van der Waals surface area contributed by atoms with Crippen LogP contribution in [0.5, 0.6) is 0 Å². The van der Waals surface area contributed by atoms with Crippen molar-refractivity contribution in [1.29, 1.82) is 0 Å². The van der Waals surface area contributed by atoms with Crippen molar-refractivity contribution in [1.82, 2.24) is 0 Å². The molecule has 1 aliphatic heterocycles. The molecule has 1 aromatic heterocycles. The van der Waals surface area contributed by atoms with Crippen LogP contribution in [-0.4, -0.2) is 50.4 Å². The lowest BCUT2D eigenvalue weighted by atomic mass is 10.1. The molecular formula is C26H32ClN3OS+2. The van der Waals surface area contributed by atoms with Crippen LogP contribution in [0.15, 0.2) is 64.7 Å². The Morgan fingerprint density at radius 2 is 1.88 bits per heavy atom. The summed E-state index contributed by atoms with van der Waals surface area (Å²) in [6, 6.07) is 16.9. The van der Waals surface area contributed by atoms with E-state index >= 15 is 0 Å². The number of anilines is 1. The first-order chi connectivity index (χ1) is 15.4. The van der Waals surface area contributed by atoms with E-state index in [4.69, 9.17) is 16.7 Å². The maximum atomic E-state index is 9.14. The first-order valence-corrected chi connectivity index (χ1v) is 12.3. The number of halogens is 1. The van der Waals surface area contributed by atoms with E-state index in [1.54, 1.807) is 0 Å². The summed E-state index contributed by atoms with van der Waals surface area (Å²) in [6.07, 6.45) is 6.38. The fourth-order valence-corrected chi connectivity index (χ4v) is 5.58. The lowest BCUT2D eigenvalue weighted by molar-refractivity contribution is -0.892. The molecule has 2 aromatic carbocycles. The van der Waals surface area contributed by atoms with Gasteiger partial charge < -0.3 is 14.5 Å². The monoisotopic (exact) mass is 469 g/mol. The van der Waals surface area contributed by atoms with Gasteiger partial charge in [0.1, 0.15) is 0 Å². The number of aliphatic hydroxyl groups is 1. The number of rotatable bonds is 8. The number of benzene rings is 2. The van der Waals surface area contributed by atoms with Crippen LogP contribution in [0.3, 0.4) is 0 Å². The van der Waals surface area contributed by atoms with Crippen molar-refractivity contribution < 1.29 is 14.2 Å². The average molecular weight is 470 g/mol. The Morgan fingerprint density at radius 3 is 2.66 bits per heavy atom. The van der Waals surface area contributed by atoms with Gasteiger partial charge in [0.15, 0.2) is 12.7 Å². The highest BCUT2D eigenvalue weighted by atomic mass is 35.5.